The van der Waals surface area contributed by atoms with Crippen LogP contribution in [0, 0.1) is 13.8 Å². The van der Waals surface area contributed by atoms with Gasteiger partial charge >= 0.3 is 0 Å². The summed E-state index contributed by atoms with van der Waals surface area (Å²) in [7, 11) is 1.57. The van der Waals surface area contributed by atoms with E-state index in [1.165, 1.54) is 6.21 Å². The average molecular weight is 356 g/mol. The summed E-state index contributed by atoms with van der Waals surface area (Å²) >= 11 is 0. The second-order valence-corrected chi connectivity index (χ2v) is 5.69. The fourth-order valence-corrected chi connectivity index (χ4v) is 2.26. The Bertz CT molecular complexity index is 787. The Morgan fingerprint density at radius 3 is 2.62 bits per heavy atom. The molecule has 0 heterocycles. The highest BCUT2D eigenvalue weighted by Gasteiger charge is 2.06. The summed E-state index contributed by atoms with van der Waals surface area (Å²) in [5.74, 6) is 1.64. The third-order valence-corrected chi connectivity index (χ3v) is 3.59. The molecule has 1 N–H and O–H groups in total. The van der Waals surface area contributed by atoms with Crippen LogP contribution in [0.15, 0.2) is 41.5 Å². The van der Waals surface area contributed by atoms with E-state index >= 15 is 0 Å². The highest BCUT2D eigenvalue weighted by atomic mass is 16.5. The number of hydrogen-bond donors (Lipinski definition) is 1. The van der Waals surface area contributed by atoms with Crippen LogP contribution in [0.4, 0.5) is 0 Å². The molecule has 6 nitrogen and oxygen atoms in total. The van der Waals surface area contributed by atoms with Crippen LogP contribution in [-0.4, -0.2) is 32.4 Å². The number of hydrogen-bond acceptors (Lipinski definition) is 5. The first-order valence-electron chi connectivity index (χ1n) is 8.36. The minimum atomic E-state index is -0.333. The van der Waals surface area contributed by atoms with Crippen molar-refractivity contribution in [2.24, 2.45) is 5.10 Å². The third kappa shape index (κ3) is 5.51. The van der Waals surface area contributed by atoms with Crippen molar-refractivity contribution in [1.29, 1.82) is 0 Å². The fourth-order valence-electron chi connectivity index (χ4n) is 2.26. The van der Waals surface area contributed by atoms with Crippen LogP contribution in [0.1, 0.15) is 23.6 Å². The van der Waals surface area contributed by atoms with E-state index < -0.39 is 0 Å². The molecule has 26 heavy (non-hydrogen) atoms. The maximum Gasteiger partial charge on any atom is 0.277 e. The lowest BCUT2D eigenvalue weighted by molar-refractivity contribution is -0.123. The molecule has 2 aromatic carbocycles. The molecule has 0 unspecified atom stereocenters. The quantitative estimate of drug-likeness (QED) is 0.582. The lowest BCUT2D eigenvalue weighted by atomic mass is 10.1. The van der Waals surface area contributed by atoms with Crippen molar-refractivity contribution < 1.29 is 19.0 Å². The van der Waals surface area contributed by atoms with Crippen molar-refractivity contribution in [3.8, 4) is 17.2 Å². The molecule has 0 bridgehead atoms. The standard InChI is InChI=1S/C20H24N2O4/c1-5-25-17-9-8-16(11-19(17)24-4)12-21-22-20(23)13-26-18-10-14(2)6-7-15(18)3/h6-12H,5,13H2,1-4H3,(H,22,23)/b21-12-. The molecule has 0 saturated heterocycles. The summed E-state index contributed by atoms with van der Waals surface area (Å²) in [4.78, 5) is 11.9. The van der Waals surface area contributed by atoms with Gasteiger partial charge in [-0.2, -0.15) is 5.10 Å². The van der Waals surface area contributed by atoms with Gasteiger partial charge in [-0.1, -0.05) is 12.1 Å². The minimum absolute atomic E-state index is 0.103. The zero-order valence-electron chi connectivity index (χ0n) is 15.5. The molecule has 138 valence electrons. The van der Waals surface area contributed by atoms with E-state index in [9.17, 15) is 4.79 Å². The first-order chi connectivity index (χ1) is 12.5. The van der Waals surface area contributed by atoms with E-state index in [2.05, 4.69) is 10.5 Å². The van der Waals surface area contributed by atoms with E-state index in [1.54, 1.807) is 19.2 Å². The zero-order valence-corrected chi connectivity index (χ0v) is 15.5. The number of rotatable bonds is 8. The number of carbonyl (C=O) groups excluding carboxylic acids is 1. The number of amides is 1. The van der Waals surface area contributed by atoms with Gasteiger partial charge in [0, 0.05) is 0 Å². The maximum atomic E-state index is 11.9. The number of nitrogens with one attached hydrogen (secondary N) is 1. The number of methoxy groups -OCH3 is 1. The molecule has 0 aliphatic rings. The van der Waals surface area contributed by atoms with E-state index in [-0.39, 0.29) is 12.5 Å². The number of hydrazone groups is 1. The molecule has 0 aliphatic carbocycles. The largest absolute Gasteiger partial charge is 0.493 e. The molecule has 0 spiro atoms. The van der Waals surface area contributed by atoms with Crippen LogP contribution in [0.25, 0.3) is 0 Å². The van der Waals surface area contributed by atoms with Gasteiger partial charge in [-0.3, -0.25) is 4.79 Å². The van der Waals surface area contributed by atoms with Crippen molar-refractivity contribution in [1.82, 2.24) is 5.43 Å². The molecule has 0 radical (unpaired) electrons. The van der Waals surface area contributed by atoms with E-state index in [0.717, 1.165) is 16.7 Å². The van der Waals surface area contributed by atoms with Crippen LogP contribution >= 0.6 is 0 Å². The van der Waals surface area contributed by atoms with Gasteiger partial charge in [-0.25, -0.2) is 5.43 Å². The third-order valence-electron chi connectivity index (χ3n) is 3.59. The van der Waals surface area contributed by atoms with Crippen molar-refractivity contribution in [2.45, 2.75) is 20.8 Å². The smallest absolute Gasteiger partial charge is 0.277 e. The maximum absolute atomic E-state index is 11.9. The number of benzene rings is 2. The minimum Gasteiger partial charge on any atom is -0.493 e. The van der Waals surface area contributed by atoms with E-state index in [0.29, 0.717) is 23.9 Å². The van der Waals surface area contributed by atoms with Crippen molar-refractivity contribution in [2.75, 3.05) is 20.3 Å². The predicted molar refractivity (Wildman–Crippen MR) is 101 cm³/mol. The molecule has 0 saturated carbocycles. The fraction of sp³-hybridized carbons (Fsp3) is 0.300. The highest BCUT2D eigenvalue weighted by Crippen LogP contribution is 2.27. The van der Waals surface area contributed by atoms with Gasteiger partial charge in [-0.15, -0.1) is 0 Å². The van der Waals surface area contributed by atoms with Crippen LogP contribution in [-0.2, 0) is 4.79 Å². The first-order valence-corrected chi connectivity index (χ1v) is 8.36. The summed E-state index contributed by atoms with van der Waals surface area (Å²) in [6, 6.07) is 11.3. The summed E-state index contributed by atoms with van der Waals surface area (Å²) in [6.45, 7) is 6.27. The van der Waals surface area contributed by atoms with Crippen molar-refractivity contribution in [3.05, 3.63) is 53.1 Å². The molecule has 0 aliphatic heterocycles. The van der Waals surface area contributed by atoms with Gasteiger partial charge in [0.1, 0.15) is 5.75 Å². The summed E-state index contributed by atoms with van der Waals surface area (Å²) in [5.41, 5.74) is 5.28. The normalized spacial score (nSPS) is 10.6. The SMILES string of the molecule is CCOc1ccc(/C=N\NC(=O)COc2cc(C)ccc2C)cc1OC. The molecule has 0 atom stereocenters. The molecule has 2 rings (SSSR count). The molecule has 1 amide bonds. The Morgan fingerprint density at radius 1 is 1.08 bits per heavy atom. The molecule has 2 aromatic rings. The van der Waals surface area contributed by atoms with Crippen LogP contribution in [0.5, 0.6) is 17.2 Å². The number of nitrogens with zero attached hydrogens (tertiary/aromatic N) is 1. The van der Waals surface area contributed by atoms with Gasteiger partial charge in [-0.05, 0) is 61.7 Å². The molecule has 0 aromatic heterocycles. The zero-order chi connectivity index (χ0) is 18.9. The van der Waals surface area contributed by atoms with Gasteiger partial charge in [0.2, 0.25) is 0 Å². The predicted octanol–water partition coefficient (Wildman–Crippen LogP) is 3.24. The average Bonchev–Trinajstić information content (AvgIpc) is 2.63. The van der Waals surface area contributed by atoms with Crippen LogP contribution in [0.3, 0.4) is 0 Å². The van der Waals surface area contributed by atoms with E-state index in [1.807, 2.05) is 45.0 Å². The summed E-state index contributed by atoms with van der Waals surface area (Å²) in [5, 5.41) is 3.94. The number of aryl methyl sites for hydroxylation is 2. The second kappa shape index (κ2) is 9.46. The first kappa shape index (κ1) is 19.3. The Kier molecular flexibility index (Phi) is 7.02. The lowest BCUT2D eigenvalue weighted by Crippen LogP contribution is -2.24. The lowest BCUT2D eigenvalue weighted by Gasteiger charge is -2.09. The van der Waals surface area contributed by atoms with Gasteiger partial charge in [0.05, 0.1) is 19.9 Å². The Morgan fingerprint density at radius 2 is 1.88 bits per heavy atom. The Hall–Kier alpha value is -3.02. The van der Waals surface area contributed by atoms with Crippen molar-refractivity contribution in [3.63, 3.8) is 0 Å². The van der Waals surface area contributed by atoms with Gasteiger partial charge in [0.25, 0.3) is 5.91 Å². The molecule has 0 fully saturated rings. The Labute approximate surface area is 153 Å². The van der Waals surface area contributed by atoms with Gasteiger partial charge < -0.3 is 14.2 Å². The molecule has 6 heteroatoms. The highest BCUT2D eigenvalue weighted by molar-refractivity contribution is 5.83. The summed E-state index contributed by atoms with van der Waals surface area (Å²) < 4.78 is 16.3. The van der Waals surface area contributed by atoms with Crippen LogP contribution in [0.2, 0.25) is 0 Å². The summed E-state index contributed by atoms with van der Waals surface area (Å²) in [6.07, 6.45) is 1.54. The van der Waals surface area contributed by atoms with Crippen molar-refractivity contribution >= 4 is 12.1 Å². The molecular formula is C20H24N2O4. The number of ether oxygens (including phenoxy) is 3. The second-order valence-electron chi connectivity index (χ2n) is 5.69. The molecular weight excluding hydrogens is 332 g/mol. The topological polar surface area (TPSA) is 69.2 Å². The monoisotopic (exact) mass is 356 g/mol. The van der Waals surface area contributed by atoms with Crippen LogP contribution < -0.4 is 19.6 Å². The number of carbonyl (C=O) groups is 1. The Balaban J connectivity index is 1.89. The van der Waals surface area contributed by atoms with Gasteiger partial charge in [0.15, 0.2) is 18.1 Å². The van der Waals surface area contributed by atoms with E-state index in [4.69, 9.17) is 14.2 Å².